The van der Waals surface area contributed by atoms with E-state index in [0.717, 1.165) is 26.2 Å². The minimum atomic E-state index is 0.451. The van der Waals surface area contributed by atoms with Gasteiger partial charge in [-0.05, 0) is 19.5 Å². The maximum atomic E-state index is 5.71. The predicted octanol–water partition coefficient (Wildman–Crippen LogP) is 0.0690. The highest BCUT2D eigenvalue weighted by Gasteiger charge is 2.31. The molecule has 0 amide bonds. The van der Waals surface area contributed by atoms with Crippen molar-refractivity contribution in [1.29, 1.82) is 0 Å². The molecule has 2 aliphatic heterocycles. The van der Waals surface area contributed by atoms with Crippen molar-refractivity contribution in [3.05, 3.63) is 0 Å². The number of rotatable bonds is 2. The quantitative estimate of drug-likeness (QED) is 0.634. The first-order chi connectivity index (χ1) is 5.90. The van der Waals surface area contributed by atoms with Crippen molar-refractivity contribution in [2.45, 2.75) is 25.5 Å². The second-order valence-electron chi connectivity index (χ2n) is 3.66. The standard InChI is InChI=1S/C9H18N2O/c1-2-10-8-3-4-11-5-6-12-9(8)7-11/h8-10H,2-7H2,1H3/t8-,9+/m1/s1. The summed E-state index contributed by atoms with van der Waals surface area (Å²) in [4.78, 5) is 2.50. The Kier molecular flexibility index (Phi) is 2.63. The minimum Gasteiger partial charge on any atom is -0.374 e. The zero-order valence-electron chi connectivity index (χ0n) is 7.75. The van der Waals surface area contributed by atoms with Crippen molar-refractivity contribution in [2.75, 3.05) is 32.8 Å². The molecule has 1 N–H and O–H groups in total. The molecule has 0 aromatic rings. The Balaban J connectivity index is 1.90. The molecule has 2 fully saturated rings. The van der Waals surface area contributed by atoms with E-state index in [2.05, 4.69) is 17.1 Å². The Labute approximate surface area is 74.1 Å². The summed E-state index contributed by atoms with van der Waals surface area (Å²) in [5, 5.41) is 3.49. The molecule has 2 bridgehead atoms. The van der Waals surface area contributed by atoms with Crippen LogP contribution in [0.15, 0.2) is 0 Å². The molecule has 0 spiro atoms. The molecule has 0 radical (unpaired) electrons. The van der Waals surface area contributed by atoms with Crippen LogP contribution < -0.4 is 5.32 Å². The van der Waals surface area contributed by atoms with Crippen molar-refractivity contribution >= 4 is 0 Å². The third-order valence-corrected chi connectivity index (χ3v) is 2.85. The number of likely N-dealkylation sites (N-methyl/N-ethyl adjacent to an activating group) is 1. The number of hydrogen-bond acceptors (Lipinski definition) is 3. The van der Waals surface area contributed by atoms with E-state index >= 15 is 0 Å². The second kappa shape index (κ2) is 3.73. The summed E-state index contributed by atoms with van der Waals surface area (Å²) in [7, 11) is 0. The third-order valence-electron chi connectivity index (χ3n) is 2.85. The molecular formula is C9H18N2O. The van der Waals surface area contributed by atoms with Gasteiger partial charge in [0.1, 0.15) is 0 Å². The fraction of sp³-hybridized carbons (Fsp3) is 1.00. The van der Waals surface area contributed by atoms with Crippen LogP contribution >= 0.6 is 0 Å². The summed E-state index contributed by atoms with van der Waals surface area (Å²) in [5.41, 5.74) is 0. The third kappa shape index (κ3) is 1.63. The van der Waals surface area contributed by atoms with Gasteiger partial charge in [0, 0.05) is 19.1 Å². The molecule has 0 aromatic heterocycles. The van der Waals surface area contributed by atoms with Crippen LogP contribution in [0.2, 0.25) is 0 Å². The minimum absolute atomic E-state index is 0.451. The van der Waals surface area contributed by atoms with Crippen LogP contribution in [0.3, 0.4) is 0 Å². The Morgan fingerprint density at radius 3 is 3.25 bits per heavy atom. The number of nitrogens with zero attached hydrogens (tertiary/aromatic N) is 1. The molecule has 3 atom stereocenters. The van der Waals surface area contributed by atoms with E-state index in [-0.39, 0.29) is 0 Å². The Bertz CT molecular complexity index is 149. The van der Waals surface area contributed by atoms with Crippen LogP contribution in [0.4, 0.5) is 0 Å². The lowest BCUT2D eigenvalue weighted by molar-refractivity contribution is -0.0716. The number of morpholine rings is 1. The summed E-state index contributed by atoms with van der Waals surface area (Å²) in [5.74, 6) is 0. The second-order valence-corrected chi connectivity index (χ2v) is 3.66. The van der Waals surface area contributed by atoms with Gasteiger partial charge in [-0.2, -0.15) is 0 Å². The zero-order chi connectivity index (χ0) is 8.39. The largest absolute Gasteiger partial charge is 0.374 e. The van der Waals surface area contributed by atoms with E-state index in [9.17, 15) is 0 Å². The van der Waals surface area contributed by atoms with Crippen molar-refractivity contribution < 1.29 is 4.74 Å². The lowest BCUT2D eigenvalue weighted by Crippen LogP contribution is -2.57. The van der Waals surface area contributed by atoms with E-state index in [1.807, 2.05) is 0 Å². The maximum Gasteiger partial charge on any atom is 0.0855 e. The van der Waals surface area contributed by atoms with Crippen LogP contribution in [-0.2, 0) is 4.74 Å². The molecule has 0 saturated carbocycles. The van der Waals surface area contributed by atoms with Crippen LogP contribution in [0.5, 0.6) is 0 Å². The van der Waals surface area contributed by atoms with Crippen LogP contribution in [0.1, 0.15) is 13.3 Å². The number of ether oxygens (including phenoxy) is 1. The highest BCUT2D eigenvalue weighted by Crippen LogP contribution is 2.17. The van der Waals surface area contributed by atoms with Crippen molar-refractivity contribution in [3.8, 4) is 0 Å². The Morgan fingerprint density at radius 2 is 2.42 bits per heavy atom. The van der Waals surface area contributed by atoms with Crippen molar-refractivity contribution in [3.63, 3.8) is 0 Å². The molecule has 70 valence electrons. The molecule has 12 heavy (non-hydrogen) atoms. The lowest BCUT2D eigenvalue weighted by atomic mass is 10.0. The zero-order valence-corrected chi connectivity index (χ0v) is 7.75. The van der Waals surface area contributed by atoms with Gasteiger partial charge in [-0.15, -0.1) is 0 Å². The number of fused-ring (bicyclic) bond motifs is 2. The predicted molar refractivity (Wildman–Crippen MR) is 48.3 cm³/mol. The van der Waals surface area contributed by atoms with Gasteiger partial charge in [-0.25, -0.2) is 0 Å². The monoisotopic (exact) mass is 170 g/mol. The molecular weight excluding hydrogens is 152 g/mol. The van der Waals surface area contributed by atoms with Gasteiger partial charge < -0.3 is 10.1 Å². The Hall–Kier alpha value is -0.120. The first-order valence-electron chi connectivity index (χ1n) is 4.97. The van der Waals surface area contributed by atoms with Crippen LogP contribution in [0, 0.1) is 0 Å². The fourth-order valence-electron chi connectivity index (χ4n) is 2.18. The van der Waals surface area contributed by atoms with Crippen molar-refractivity contribution in [2.24, 2.45) is 0 Å². The Morgan fingerprint density at radius 1 is 1.50 bits per heavy atom. The summed E-state index contributed by atoms with van der Waals surface area (Å²) >= 11 is 0. The van der Waals surface area contributed by atoms with Gasteiger partial charge in [-0.3, -0.25) is 4.90 Å². The van der Waals surface area contributed by atoms with Gasteiger partial charge in [0.15, 0.2) is 0 Å². The molecule has 0 aromatic carbocycles. The summed E-state index contributed by atoms with van der Waals surface area (Å²) in [6.07, 6.45) is 1.70. The molecule has 3 heteroatoms. The molecule has 2 heterocycles. The number of nitrogens with one attached hydrogen (secondary N) is 1. The molecule has 3 nitrogen and oxygen atoms in total. The highest BCUT2D eigenvalue weighted by molar-refractivity contribution is 4.88. The average molecular weight is 170 g/mol. The summed E-state index contributed by atoms with van der Waals surface area (Å²) in [6, 6.07) is 0.603. The number of hydrogen-bond donors (Lipinski definition) is 1. The summed E-state index contributed by atoms with van der Waals surface area (Å²) < 4.78 is 5.71. The average Bonchev–Trinajstić information content (AvgIpc) is 2.11. The normalized spacial score (nSPS) is 41.2. The van der Waals surface area contributed by atoms with E-state index in [0.29, 0.717) is 12.1 Å². The van der Waals surface area contributed by atoms with Gasteiger partial charge in [0.2, 0.25) is 0 Å². The fourth-order valence-corrected chi connectivity index (χ4v) is 2.18. The molecule has 2 aliphatic rings. The first kappa shape index (κ1) is 8.48. The lowest BCUT2D eigenvalue weighted by Gasteiger charge is -2.42. The van der Waals surface area contributed by atoms with Gasteiger partial charge >= 0.3 is 0 Å². The van der Waals surface area contributed by atoms with E-state index in [1.54, 1.807) is 0 Å². The smallest absolute Gasteiger partial charge is 0.0855 e. The molecule has 2 saturated heterocycles. The van der Waals surface area contributed by atoms with Crippen LogP contribution in [-0.4, -0.2) is 49.8 Å². The highest BCUT2D eigenvalue weighted by atomic mass is 16.5. The first-order valence-corrected chi connectivity index (χ1v) is 4.97. The van der Waals surface area contributed by atoms with Crippen molar-refractivity contribution in [1.82, 2.24) is 10.2 Å². The van der Waals surface area contributed by atoms with Crippen LogP contribution in [0.25, 0.3) is 0 Å². The van der Waals surface area contributed by atoms with E-state index in [1.165, 1.54) is 13.0 Å². The topological polar surface area (TPSA) is 24.5 Å². The SMILES string of the molecule is CCN[C@@H]1CCN2CCO[C@H]1C2. The van der Waals surface area contributed by atoms with Gasteiger partial charge in [-0.1, -0.05) is 6.92 Å². The maximum absolute atomic E-state index is 5.71. The van der Waals surface area contributed by atoms with E-state index < -0.39 is 0 Å². The van der Waals surface area contributed by atoms with Gasteiger partial charge in [0.05, 0.1) is 12.7 Å². The van der Waals surface area contributed by atoms with Gasteiger partial charge in [0.25, 0.3) is 0 Å². The molecule has 0 aliphatic carbocycles. The molecule has 2 rings (SSSR count). The number of piperidine rings is 1. The summed E-state index contributed by atoms with van der Waals surface area (Å²) in [6.45, 7) is 7.66. The molecule has 1 unspecified atom stereocenters. The van der Waals surface area contributed by atoms with E-state index in [4.69, 9.17) is 4.74 Å².